The number of hydrogen-bond acceptors (Lipinski definition) is 2. The van der Waals surface area contributed by atoms with Crippen LogP contribution in [0.2, 0.25) is 0 Å². The summed E-state index contributed by atoms with van der Waals surface area (Å²) in [6.45, 7) is 5.17. The fraction of sp³-hybridized carbons (Fsp3) is 0.929. The molecule has 1 saturated heterocycles. The molecule has 1 atom stereocenters. The van der Waals surface area contributed by atoms with Crippen LogP contribution >= 0.6 is 12.4 Å². The Kier molecular flexibility index (Phi) is 7.02. The maximum absolute atomic E-state index is 12.3. The standard InChI is InChI=1S/C14H26N2O.ClH/c1-2-10-16(13-8-9-15-11-13)14(17)7-6-12-4-3-5-12;/h12-13,15H,2-11H2,1H3;1H. The number of halogens is 1. The highest BCUT2D eigenvalue weighted by molar-refractivity contribution is 5.85. The molecule has 1 aliphatic heterocycles. The summed E-state index contributed by atoms with van der Waals surface area (Å²) in [7, 11) is 0. The lowest BCUT2D eigenvalue weighted by Crippen LogP contribution is -2.42. The zero-order chi connectivity index (χ0) is 12.1. The molecule has 18 heavy (non-hydrogen) atoms. The van der Waals surface area contributed by atoms with E-state index in [9.17, 15) is 4.79 Å². The minimum absolute atomic E-state index is 0. The van der Waals surface area contributed by atoms with Crippen molar-refractivity contribution in [2.45, 2.75) is 57.9 Å². The van der Waals surface area contributed by atoms with E-state index in [1.54, 1.807) is 0 Å². The van der Waals surface area contributed by atoms with Crippen LogP contribution in [0.15, 0.2) is 0 Å². The van der Waals surface area contributed by atoms with Crippen LogP contribution in [0.1, 0.15) is 51.9 Å². The van der Waals surface area contributed by atoms with Gasteiger partial charge in [0.25, 0.3) is 0 Å². The Bertz CT molecular complexity index is 250. The normalized spacial score (nSPS) is 23.3. The van der Waals surface area contributed by atoms with Gasteiger partial charge in [-0.3, -0.25) is 4.79 Å². The quantitative estimate of drug-likeness (QED) is 0.807. The third-order valence-electron chi connectivity index (χ3n) is 4.25. The Labute approximate surface area is 117 Å². The summed E-state index contributed by atoms with van der Waals surface area (Å²) >= 11 is 0. The molecule has 1 unspecified atom stereocenters. The van der Waals surface area contributed by atoms with Gasteiger partial charge in [-0.1, -0.05) is 26.2 Å². The van der Waals surface area contributed by atoms with Crippen LogP contribution in [0.3, 0.4) is 0 Å². The molecule has 1 N–H and O–H groups in total. The fourth-order valence-corrected chi connectivity index (χ4v) is 2.91. The Balaban J connectivity index is 0.00000162. The molecule has 0 aromatic heterocycles. The van der Waals surface area contributed by atoms with Gasteiger partial charge in [0.05, 0.1) is 0 Å². The van der Waals surface area contributed by atoms with E-state index in [0.29, 0.717) is 11.9 Å². The second-order valence-corrected chi connectivity index (χ2v) is 5.57. The van der Waals surface area contributed by atoms with E-state index in [0.717, 1.165) is 51.2 Å². The molecule has 0 radical (unpaired) electrons. The van der Waals surface area contributed by atoms with Crippen LogP contribution in [-0.2, 0) is 4.79 Å². The predicted octanol–water partition coefficient (Wildman–Crippen LogP) is 2.59. The van der Waals surface area contributed by atoms with Crippen molar-refractivity contribution in [3.63, 3.8) is 0 Å². The topological polar surface area (TPSA) is 32.3 Å². The summed E-state index contributed by atoms with van der Waals surface area (Å²) in [6.07, 6.45) is 8.20. The molecule has 3 nitrogen and oxygen atoms in total. The van der Waals surface area contributed by atoms with Gasteiger partial charge in [0, 0.05) is 25.6 Å². The van der Waals surface area contributed by atoms with Crippen molar-refractivity contribution in [2.75, 3.05) is 19.6 Å². The molecule has 0 bridgehead atoms. The van der Waals surface area contributed by atoms with Crippen molar-refractivity contribution in [2.24, 2.45) is 5.92 Å². The molecule has 0 aromatic carbocycles. The van der Waals surface area contributed by atoms with Gasteiger partial charge in [-0.2, -0.15) is 0 Å². The molecule has 1 saturated carbocycles. The predicted molar refractivity (Wildman–Crippen MR) is 77.1 cm³/mol. The largest absolute Gasteiger partial charge is 0.338 e. The minimum Gasteiger partial charge on any atom is -0.338 e. The van der Waals surface area contributed by atoms with Crippen molar-refractivity contribution in [3.05, 3.63) is 0 Å². The first-order chi connectivity index (χ1) is 8.31. The maximum atomic E-state index is 12.3. The molecule has 4 heteroatoms. The molecule has 1 amide bonds. The van der Waals surface area contributed by atoms with Gasteiger partial charge in [0.1, 0.15) is 0 Å². The third kappa shape index (κ3) is 4.13. The first kappa shape index (κ1) is 15.8. The molecule has 2 fully saturated rings. The van der Waals surface area contributed by atoms with Gasteiger partial charge in [-0.05, 0) is 31.7 Å². The van der Waals surface area contributed by atoms with Crippen LogP contribution in [0, 0.1) is 5.92 Å². The van der Waals surface area contributed by atoms with E-state index >= 15 is 0 Å². The van der Waals surface area contributed by atoms with Crippen molar-refractivity contribution in [1.29, 1.82) is 0 Å². The second-order valence-electron chi connectivity index (χ2n) is 5.57. The number of nitrogens with zero attached hydrogens (tertiary/aromatic N) is 1. The van der Waals surface area contributed by atoms with Gasteiger partial charge >= 0.3 is 0 Å². The smallest absolute Gasteiger partial charge is 0.222 e. The lowest BCUT2D eigenvalue weighted by molar-refractivity contribution is -0.133. The van der Waals surface area contributed by atoms with Gasteiger partial charge in [-0.25, -0.2) is 0 Å². The van der Waals surface area contributed by atoms with Crippen LogP contribution in [0.25, 0.3) is 0 Å². The number of hydrogen-bond donors (Lipinski definition) is 1. The molecule has 2 rings (SSSR count). The van der Waals surface area contributed by atoms with Crippen molar-refractivity contribution < 1.29 is 4.79 Å². The number of amides is 1. The molecule has 2 aliphatic rings. The van der Waals surface area contributed by atoms with E-state index in [1.165, 1.54) is 19.3 Å². The number of carbonyl (C=O) groups excluding carboxylic acids is 1. The fourth-order valence-electron chi connectivity index (χ4n) is 2.91. The van der Waals surface area contributed by atoms with Crippen molar-refractivity contribution in [3.8, 4) is 0 Å². The average Bonchev–Trinajstić information content (AvgIpc) is 2.76. The van der Waals surface area contributed by atoms with Crippen LogP contribution in [0.4, 0.5) is 0 Å². The highest BCUT2D eigenvalue weighted by Crippen LogP contribution is 2.30. The third-order valence-corrected chi connectivity index (χ3v) is 4.25. The molecule has 0 spiro atoms. The molecule has 1 heterocycles. The molecule has 106 valence electrons. The Morgan fingerprint density at radius 1 is 1.33 bits per heavy atom. The van der Waals surface area contributed by atoms with E-state index in [1.807, 2.05) is 0 Å². The van der Waals surface area contributed by atoms with Gasteiger partial charge < -0.3 is 10.2 Å². The highest BCUT2D eigenvalue weighted by Gasteiger charge is 2.26. The van der Waals surface area contributed by atoms with Gasteiger partial charge in [-0.15, -0.1) is 12.4 Å². The summed E-state index contributed by atoms with van der Waals surface area (Å²) in [4.78, 5) is 14.4. The molecular formula is C14H27ClN2O. The lowest BCUT2D eigenvalue weighted by Gasteiger charge is -2.30. The number of nitrogens with one attached hydrogen (secondary N) is 1. The molecular weight excluding hydrogens is 248 g/mol. The maximum Gasteiger partial charge on any atom is 0.222 e. The summed E-state index contributed by atoms with van der Waals surface area (Å²) in [5.74, 6) is 1.25. The van der Waals surface area contributed by atoms with E-state index in [-0.39, 0.29) is 12.4 Å². The van der Waals surface area contributed by atoms with E-state index < -0.39 is 0 Å². The summed E-state index contributed by atoms with van der Waals surface area (Å²) in [5.41, 5.74) is 0. The monoisotopic (exact) mass is 274 g/mol. The Morgan fingerprint density at radius 2 is 2.11 bits per heavy atom. The Hall–Kier alpha value is -0.280. The second kappa shape index (κ2) is 8.00. The van der Waals surface area contributed by atoms with Gasteiger partial charge in [0.15, 0.2) is 0 Å². The minimum atomic E-state index is 0. The number of carbonyl (C=O) groups is 1. The zero-order valence-corrected chi connectivity index (χ0v) is 12.3. The highest BCUT2D eigenvalue weighted by atomic mass is 35.5. The Morgan fingerprint density at radius 3 is 2.61 bits per heavy atom. The van der Waals surface area contributed by atoms with Gasteiger partial charge in [0.2, 0.25) is 5.91 Å². The van der Waals surface area contributed by atoms with Crippen molar-refractivity contribution >= 4 is 18.3 Å². The molecule has 0 aromatic rings. The lowest BCUT2D eigenvalue weighted by atomic mass is 9.82. The summed E-state index contributed by atoms with van der Waals surface area (Å²) < 4.78 is 0. The van der Waals surface area contributed by atoms with Crippen LogP contribution < -0.4 is 5.32 Å². The summed E-state index contributed by atoms with van der Waals surface area (Å²) in [5, 5.41) is 3.36. The van der Waals surface area contributed by atoms with Crippen LogP contribution in [0.5, 0.6) is 0 Å². The van der Waals surface area contributed by atoms with E-state index in [2.05, 4.69) is 17.1 Å². The zero-order valence-electron chi connectivity index (χ0n) is 11.5. The summed E-state index contributed by atoms with van der Waals surface area (Å²) in [6, 6.07) is 0.462. The first-order valence-electron chi connectivity index (χ1n) is 7.31. The van der Waals surface area contributed by atoms with Crippen LogP contribution in [-0.4, -0.2) is 36.5 Å². The average molecular weight is 275 g/mol. The molecule has 1 aliphatic carbocycles. The SMILES string of the molecule is CCCN(C(=O)CCC1CCC1)C1CCNC1.Cl. The van der Waals surface area contributed by atoms with E-state index in [4.69, 9.17) is 0 Å². The first-order valence-corrected chi connectivity index (χ1v) is 7.31. The van der Waals surface area contributed by atoms with Crippen molar-refractivity contribution in [1.82, 2.24) is 10.2 Å². The number of rotatable bonds is 6.